The van der Waals surface area contributed by atoms with Crippen molar-refractivity contribution in [2.24, 2.45) is 5.41 Å². The highest BCUT2D eigenvalue weighted by molar-refractivity contribution is 5.81. The Bertz CT molecular complexity index is 553. The highest BCUT2D eigenvalue weighted by Crippen LogP contribution is 2.22. The Balaban J connectivity index is 2.49. The molecule has 2 rings (SSSR count). The lowest BCUT2D eigenvalue weighted by atomic mass is 9.92. The lowest BCUT2D eigenvalue weighted by Crippen LogP contribution is -2.10. The summed E-state index contributed by atoms with van der Waals surface area (Å²) in [6.45, 7) is 6.52. The van der Waals surface area contributed by atoms with Crippen LogP contribution in [0.2, 0.25) is 0 Å². The fourth-order valence-corrected chi connectivity index (χ4v) is 1.76. The molecule has 1 aromatic heterocycles. The van der Waals surface area contributed by atoms with Gasteiger partial charge in [-0.15, -0.1) is 0 Å². The van der Waals surface area contributed by atoms with Crippen molar-refractivity contribution in [3.8, 4) is 6.07 Å². The van der Waals surface area contributed by atoms with Gasteiger partial charge in [-0.1, -0.05) is 26.8 Å². The Morgan fingerprint density at radius 2 is 2.12 bits per heavy atom. The molecule has 16 heavy (non-hydrogen) atoms. The van der Waals surface area contributed by atoms with E-state index in [4.69, 9.17) is 5.26 Å². The third kappa shape index (κ3) is 2.06. The van der Waals surface area contributed by atoms with Crippen LogP contribution in [0.15, 0.2) is 18.2 Å². The number of hydrogen-bond donors (Lipinski definition) is 1. The van der Waals surface area contributed by atoms with Crippen LogP contribution in [0.3, 0.4) is 0 Å². The maximum absolute atomic E-state index is 8.97. The molecule has 0 saturated heterocycles. The average molecular weight is 213 g/mol. The van der Waals surface area contributed by atoms with Gasteiger partial charge in [0, 0.05) is 6.42 Å². The number of aromatic nitrogens is 2. The molecule has 0 fully saturated rings. The average Bonchev–Trinajstić information content (AvgIpc) is 2.56. The molecule has 0 radical (unpaired) electrons. The van der Waals surface area contributed by atoms with Crippen molar-refractivity contribution in [3.63, 3.8) is 0 Å². The highest BCUT2D eigenvalue weighted by atomic mass is 14.9. The van der Waals surface area contributed by atoms with Crippen LogP contribution in [0.4, 0.5) is 0 Å². The Kier molecular flexibility index (Phi) is 2.43. The molecule has 1 aromatic carbocycles. The molecule has 0 bridgehead atoms. The second-order valence-electron chi connectivity index (χ2n) is 5.23. The molecule has 1 heterocycles. The number of imidazole rings is 1. The Morgan fingerprint density at radius 3 is 2.75 bits per heavy atom. The normalized spacial score (nSPS) is 11.6. The van der Waals surface area contributed by atoms with E-state index in [1.165, 1.54) is 0 Å². The zero-order valence-electron chi connectivity index (χ0n) is 9.83. The number of nitrogens with zero attached hydrogens (tertiary/aromatic N) is 2. The minimum Gasteiger partial charge on any atom is -0.342 e. The summed E-state index contributed by atoms with van der Waals surface area (Å²) in [5.41, 5.74) is 2.55. The first kappa shape index (κ1) is 10.7. The minimum atomic E-state index is 0.195. The topological polar surface area (TPSA) is 52.5 Å². The monoisotopic (exact) mass is 213 g/mol. The number of rotatable bonds is 1. The summed E-state index contributed by atoms with van der Waals surface area (Å²) in [6, 6.07) is 7.79. The van der Waals surface area contributed by atoms with Gasteiger partial charge in [0.1, 0.15) is 17.4 Å². The molecule has 0 spiro atoms. The smallest absolute Gasteiger partial charge is 0.107 e. The maximum atomic E-state index is 8.97. The number of hydrogen-bond acceptors (Lipinski definition) is 2. The van der Waals surface area contributed by atoms with Crippen LogP contribution in [0.5, 0.6) is 0 Å². The lowest BCUT2D eigenvalue weighted by molar-refractivity contribution is 0.402. The standard InChI is InChI=1S/C13H15N3/c1-13(2,3)7-11-15-10-6-4-5-9(8-14)12(10)16-11/h4-6H,7H2,1-3H3,(H,15,16). The van der Waals surface area contributed by atoms with Crippen LogP contribution in [0, 0.1) is 16.7 Å². The van der Waals surface area contributed by atoms with E-state index in [1.54, 1.807) is 6.07 Å². The number of H-pyrrole nitrogens is 1. The first-order chi connectivity index (χ1) is 7.49. The molecular weight excluding hydrogens is 198 g/mol. The lowest BCUT2D eigenvalue weighted by Gasteiger charge is -2.15. The van der Waals surface area contributed by atoms with E-state index in [1.807, 2.05) is 12.1 Å². The van der Waals surface area contributed by atoms with Crippen molar-refractivity contribution in [2.45, 2.75) is 27.2 Å². The van der Waals surface area contributed by atoms with Crippen LogP contribution in [0.25, 0.3) is 11.0 Å². The summed E-state index contributed by atoms with van der Waals surface area (Å²) >= 11 is 0. The summed E-state index contributed by atoms with van der Waals surface area (Å²) in [6.07, 6.45) is 0.881. The Labute approximate surface area is 95.1 Å². The third-order valence-corrected chi connectivity index (χ3v) is 2.38. The second-order valence-corrected chi connectivity index (χ2v) is 5.23. The predicted molar refractivity (Wildman–Crippen MR) is 64.0 cm³/mol. The summed E-state index contributed by atoms with van der Waals surface area (Å²) in [5.74, 6) is 0.949. The number of benzene rings is 1. The van der Waals surface area contributed by atoms with Crippen LogP contribution >= 0.6 is 0 Å². The van der Waals surface area contributed by atoms with E-state index in [2.05, 4.69) is 36.8 Å². The zero-order valence-corrected chi connectivity index (χ0v) is 9.83. The van der Waals surface area contributed by atoms with Gasteiger partial charge in [-0.05, 0) is 17.5 Å². The summed E-state index contributed by atoms with van der Waals surface area (Å²) in [7, 11) is 0. The largest absolute Gasteiger partial charge is 0.342 e. The Hall–Kier alpha value is -1.82. The minimum absolute atomic E-state index is 0.195. The number of para-hydroxylation sites is 1. The van der Waals surface area contributed by atoms with E-state index < -0.39 is 0 Å². The van der Waals surface area contributed by atoms with Crippen LogP contribution in [-0.4, -0.2) is 9.97 Å². The molecule has 0 amide bonds. The first-order valence-electron chi connectivity index (χ1n) is 5.37. The second kappa shape index (κ2) is 3.64. The molecule has 1 N–H and O–H groups in total. The molecule has 82 valence electrons. The molecule has 3 nitrogen and oxygen atoms in total. The quantitative estimate of drug-likeness (QED) is 0.791. The molecule has 0 aliphatic rings. The van der Waals surface area contributed by atoms with E-state index in [0.29, 0.717) is 5.56 Å². The van der Waals surface area contributed by atoms with Crippen molar-refractivity contribution in [3.05, 3.63) is 29.6 Å². The van der Waals surface area contributed by atoms with E-state index >= 15 is 0 Å². The van der Waals surface area contributed by atoms with Crippen molar-refractivity contribution in [2.75, 3.05) is 0 Å². The summed E-state index contributed by atoms with van der Waals surface area (Å²) in [4.78, 5) is 7.76. The predicted octanol–water partition coefficient (Wildman–Crippen LogP) is 3.02. The third-order valence-electron chi connectivity index (χ3n) is 2.38. The number of aromatic amines is 1. The van der Waals surface area contributed by atoms with Gasteiger partial charge in [0.05, 0.1) is 11.1 Å². The van der Waals surface area contributed by atoms with Gasteiger partial charge >= 0.3 is 0 Å². The molecule has 0 aliphatic heterocycles. The van der Waals surface area contributed by atoms with Gasteiger partial charge in [-0.25, -0.2) is 4.98 Å². The molecule has 0 saturated carbocycles. The van der Waals surface area contributed by atoms with Gasteiger partial charge in [0.2, 0.25) is 0 Å². The van der Waals surface area contributed by atoms with E-state index in [0.717, 1.165) is 23.3 Å². The molecule has 2 aromatic rings. The number of fused-ring (bicyclic) bond motifs is 1. The van der Waals surface area contributed by atoms with E-state index in [9.17, 15) is 0 Å². The van der Waals surface area contributed by atoms with Crippen molar-refractivity contribution < 1.29 is 0 Å². The SMILES string of the molecule is CC(C)(C)Cc1nc2c(C#N)cccc2[nH]1. The first-order valence-corrected chi connectivity index (χ1v) is 5.37. The van der Waals surface area contributed by atoms with Gasteiger partial charge in [0.15, 0.2) is 0 Å². The maximum Gasteiger partial charge on any atom is 0.107 e. The Morgan fingerprint density at radius 1 is 1.38 bits per heavy atom. The van der Waals surface area contributed by atoms with Gasteiger partial charge in [0.25, 0.3) is 0 Å². The van der Waals surface area contributed by atoms with Crippen molar-refractivity contribution in [1.29, 1.82) is 5.26 Å². The van der Waals surface area contributed by atoms with Gasteiger partial charge in [-0.3, -0.25) is 0 Å². The van der Waals surface area contributed by atoms with Gasteiger partial charge < -0.3 is 4.98 Å². The van der Waals surface area contributed by atoms with Crippen molar-refractivity contribution >= 4 is 11.0 Å². The summed E-state index contributed by atoms with van der Waals surface area (Å²) < 4.78 is 0. The van der Waals surface area contributed by atoms with Crippen molar-refractivity contribution in [1.82, 2.24) is 9.97 Å². The highest BCUT2D eigenvalue weighted by Gasteiger charge is 2.15. The van der Waals surface area contributed by atoms with Crippen LogP contribution < -0.4 is 0 Å². The molecular formula is C13H15N3. The zero-order chi connectivity index (χ0) is 11.8. The number of nitriles is 1. The van der Waals surface area contributed by atoms with Gasteiger partial charge in [-0.2, -0.15) is 5.26 Å². The number of nitrogens with one attached hydrogen (secondary N) is 1. The molecule has 0 unspecified atom stereocenters. The van der Waals surface area contributed by atoms with Crippen LogP contribution in [0.1, 0.15) is 32.2 Å². The molecule has 3 heteroatoms. The molecule has 0 atom stereocenters. The fourth-order valence-electron chi connectivity index (χ4n) is 1.76. The fraction of sp³-hybridized carbons (Fsp3) is 0.385. The van der Waals surface area contributed by atoms with E-state index in [-0.39, 0.29) is 5.41 Å². The van der Waals surface area contributed by atoms with Crippen LogP contribution in [-0.2, 0) is 6.42 Å². The summed E-state index contributed by atoms with van der Waals surface area (Å²) in [5, 5.41) is 8.97. The molecule has 0 aliphatic carbocycles.